The summed E-state index contributed by atoms with van der Waals surface area (Å²) in [5.41, 5.74) is 10.4. The van der Waals surface area contributed by atoms with Gasteiger partial charge in [-0.25, -0.2) is 0 Å². The van der Waals surface area contributed by atoms with Crippen LogP contribution in [0.4, 0.5) is 5.69 Å². The van der Waals surface area contributed by atoms with E-state index in [-0.39, 0.29) is 31.5 Å². The molecule has 2 atom stereocenters. The van der Waals surface area contributed by atoms with Crippen LogP contribution in [0, 0.1) is 5.92 Å². The summed E-state index contributed by atoms with van der Waals surface area (Å²) in [5, 5.41) is 13.4. The van der Waals surface area contributed by atoms with Crippen LogP contribution >= 0.6 is 12.4 Å². The van der Waals surface area contributed by atoms with Gasteiger partial charge in [-0.05, 0) is 72.9 Å². The van der Waals surface area contributed by atoms with Crippen LogP contribution < -0.4 is 20.5 Å². The summed E-state index contributed by atoms with van der Waals surface area (Å²) in [7, 11) is 0. The molecular weight excluding hydrogens is 476 g/mol. The van der Waals surface area contributed by atoms with Gasteiger partial charge in [-0.15, -0.1) is 12.4 Å². The number of nitrogen functional groups attached to an aromatic ring is 1. The molecule has 1 aliphatic rings. The molecule has 0 heterocycles. The highest BCUT2D eigenvalue weighted by Gasteiger charge is 2.23. The second-order valence-electron chi connectivity index (χ2n) is 9.14. The van der Waals surface area contributed by atoms with E-state index < -0.39 is 6.10 Å². The zero-order chi connectivity index (χ0) is 24.5. The second kappa shape index (κ2) is 13.8. The third kappa shape index (κ3) is 7.90. The summed E-state index contributed by atoms with van der Waals surface area (Å²) in [6, 6.07) is 23.2. The number of ether oxygens (including phenoxy) is 2. The van der Waals surface area contributed by atoms with Crippen molar-refractivity contribution in [3.05, 3.63) is 89.5 Å². The topological polar surface area (TPSA) is 93.8 Å². The van der Waals surface area contributed by atoms with E-state index in [9.17, 15) is 9.90 Å². The summed E-state index contributed by atoms with van der Waals surface area (Å²) >= 11 is 0. The van der Waals surface area contributed by atoms with Crippen molar-refractivity contribution < 1.29 is 19.4 Å². The van der Waals surface area contributed by atoms with Gasteiger partial charge in [0, 0.05) is 6.54 Å². The number of nitrogens with one attached hydrogen (secondary N) is 1. The van der Waals surface area contributed by atoms with Gasteiger partial charge in [0.15, 0.2) is 6.61 Å². The van der Waals surface area contributed by atoms with Gasteiger partial charge >= 0.3 is 0 Å². The van der Waals surface area contributed by atoms with E-state index >= 15 is 0 Å². The molecule has 7 heteroatoms. The molecule has 0 aliphatic heterocycles. The van der Waals surface area contributed by atoms with Crippen molar-refractivity contribution in [1.82, 2.24) is 5.32 Å². The van der Waals surface area contributed by atoms with E-state index in [2.05, 4.69) is 11.4 Å². The van der Waals surface area contributed by atoms with Crippen molar-refractivity contribution in [2.24, 2.45) is 5.92 Å². The Morgan fingerprint density at radius 2 is 1.75 bits per heavy atom. The standard InChI is InChI=1S/C29H34N2O4.ClH/c30-29-26-17-22(16-24(32)19-34-25-12-5-2-6-13-25)10-7-11-23(26)14-15-27(29)35-20-28(33)31-18-21-8-3-1-4-9-21;/h1-6,8-9,12-15,22,24,32H,7,10-11,16-20,30H2,(H,31,33);1H/t22?,24-;/m0./s1. The van der Waals surface area contributed by atoms with Gasteiger partial charge in [-0.3, -0.25) is 4.79 Å². The fourth-order valence-corrected chi connectivity index (χ4v) is 4.62. The highest BCUT2D eigenvalue weighted by atomic mass is 35.5. The molecule has 0 saturated carbocycles. The first-order valence-electron chi connectivity index (χ1n) is 12.3. The van der Waals surface area contributed by atoms with Crippen LogP contribution in [0.25, 0.3) is 0 Å². The molecule has 4 N–H and O–H groups in total. The Morgan fingerprint density at radius 1 is 1.03 bits per heavy atom. The van der Waals surface area contributed by atoms with Gasteiger partial charge in [-0.2, -0.15) is 0 Å². The summed E-state index contributed by atoms with van der Waals surface area (Å²) in [6.45, 7) is 0.638. The minimum Gasteiger partial charge on any atom is -0.491 e. The molecule has 36 heavy (non-hydrogen) atoms. The third-order valence-electron chi connectivity index (χ3n) is 6.45. The number of rotatable bonds is 10. The summed E-state index contributed by atoms with van der Waals surface area (Å²) in [5.74, 6) is 1.41. The van der Waals surface area contributed by atoms with E-state index in [4.69, 9.17) is 15.2 Å². The van der Waals surface area contributed by atoms with Gasteiger partial charge in [0.2, 0.25) is 0 Å². The van der Waals surface area contributed by atoms with Gasteiger partial charge in [0.25, 0.3) is 5.91 Å². The van der Waals surface area contributed by atoms with Gasteiger partial charge in [0.05, 0.1) is 11.8 Å². The lowest BCUT2D eigenvalue weighted by atomic mass is 9.91. The van der Waals surface area contributed by atoms with Crippen LogP contribution in [0.1, 0.15) is 36.0 Å². The molecular formula is C29H35ClN2O4. The number of aliphatic hydroxyl groups is 1. The number of amides is 1. The fourth-order valence-electron chi connectivity index (χ4n) is 4.62. The number of benzene rings is 3. The second-order valence-corrected chi connectivity index (χ2v) is 9.14. The van der Waals surface area contributed by atoms with Crippen molar-refractivity contribution in [1.29, 1.82) is 0 Å². The number of para-hydroxylation sites is 1. The molecule has 3 aromatic carbocycles. The van der Waals surface area contributed by atoms with Crippen LogP contribution in [0.2, 0.25) is 0 Å². The van der Waals surface area contributed by atoms with Crippen molar-refractivity contribution >= 4 is 24.0 Å². The SMILES string of the molecule is Cl.Nc1c(OCC(=O)NCc2ccccc2)ccc2c1CC(C[C@H](O)COc1ccccc1)CCC2. The third-order valence-corrected chi connectivity index (χ3v) is 6.45. The highest BCUT2D eigenvalue weighted by molar-refractivity contribution is 5.85. The molecule has 192 valence electrons. The van der Waals surface area contributed by atoms with Crippen LogP contribution in [-0.2, 0) is 24.2 Å². The van der Waals surface area contributed by atoms with Crippen LogP contribution in [0.15, 0.2) is 72.8 Å². The number of aliphatic hydroxyl groups excluding tert-OH is 1. The summed E-state index contributed by atoms with van der Waals surface area (Å²) in [6.07, 6.45) is 3.90. The predicted octanol–water partition coefficient (Wildman–Crippen LogP) is 4.71. The average Bonchev–Trinajstić information content (AvgIpc) is 3.09. The molecule has 6 nitrogen and oxygen atoms in total. The smallest absolute Gasteiger partial charge is 0.258 e. The number of carbonyl (C=O) groups excluding carboxylic acids is 1. The first kappa shape index (κ1) is 27.4. The molecule has 0 bridgehead atoms. The zero-order valence-corrected chi connectivity index (χ0v) is 21.2. The molecule has 1 unspecified atom stereocenters. The monoisotopic (exact) mass is 510 g/mol. The van der Waals surface area contributed by atoms with Crippen LogP contribution in [0.3, 0.4) is 0 Å². The van der Waals surface area contributed by atoms with E-state index in [1.807, 2.05) is 66.7 Å². The number of carbonyl (C=O) groups is 1. The fraction of sp³-hybridized carbons (Fsp3) is 0.345. The van der Waals surface area contributed by atoms with E-state index in [0.717, 1.165) is 42.6 Å². The molecule has 0 spiro atoms. The lowest BCUT2D eigenvalue weighted by Crippen LogP contribution is -2.28. The van der Waals surface area contributed by atoms with Crippen molar-refractivity contribution in [2.75, 3.05) is 18.9 Å². The molecule has 0 saturated heterocycles. The number of fused-ring (bicyclic) bond motifs is 1. The number of anilines is 1. The summed E-state index contributed by atoms with van der Waals surface area (Å²) in [4.78, 5) is 12.3. The molecule has 0 aromatic heterocycles. The van der Waals surface area contributed by atoms with E-state index in [1.165, 1.54) is 5.56 Å². The maximum atomic E-state index is 12.3. The molecule has 3 aromatic rings. The normalized spacial score (nSPS) is 15.5. The van der Waals surface area contributed by atoms with E-state index in [0.29, 0.717) is 30.3 Å². The Kier molecular flexibility index (Phi) is 10.5. The number of hydrogen-bond acceptors (Lipinski definition) is 5. The van der Waals surface area contributed by atoms with Crippen molar-refractivity contribution in [3.8, 4) is 11.5 Å². The first-order valence-corrected chi connectivity index (χ1v) is 12.3. The van der Waals surface area contributed by atoms with Crippen LogP contribution in [0.5, 0.6) is 11.5 Å². The maximum absolute atomic E-state index is 12.3. The molecule has 4 rings (SSSR count). The van der Waals surface area contributed by atoms with Gasteiger partial charge in [0.1, 0.15) is 18.1 Å². The Hall–Kier alpha value is -3.22. The maximum Gasteiger partial charge on any atom is 0.258 e. The average molecular weight is 511 g/mol. The van der Waals surface area contributed by atoms with Crippen molar-refractivity contribution in [2.45, 2.75) is 44.8 Å². The predicted molar refractivity (Wildman–Crippen MR) is 145 cm³/mol. The Balaban J connectivity index is 0.00000361. The largest absolute Gasteiger partial charge is 0.491 e. The van der Waals surface area contributed by atoms with E-state index in [1.54, 1.807) is 0 Å². The first-order chi connectivity index (χ1) is 17.1. The lowest BCUT2D eigenvalue weighted by molar-refractivity contribution is -0.123. The highest BCUT2D eigenvalue weighted by Crippen LogP contribution is 2.35. The lowest BCUT2D eigenvalue weighted by Gasteiger charge is -2.21. The van der Waals surface area contributed by atoms with Crippen molar-refractivity contribution in [3.63, 3.8) is 0 Å². The Bertz CT molecular complexity index is 1100. The number of hydrogen-bond donors (Lipinski definition) is 3. The molecule has 1 aliphatic carbocycles. The molecule has 1 amide bonds. The molecule has 0 fully saturated rings. The quantitative estimate of drug-likeness (QED) is 0.271. The summed E-state index contributed by atoms with van der Waals surface area (Å²) < 4.78 is 11.5. The number of aryl methyl sites for hydroxylation is 1. The number of nitrogens with two attached hydrogens (primary N) is 1. The van der Waals surface area contributed by atoms with Crippen LogP contribution in [-0.4, -0.2) is 30.3 Å². The van der Waals surface area contributed by atoms with Gasteiger partial charge < -0.3 is 25.6 Å². The van der Waals surface area contributed by atoms with Gasteiger partial charge in [-0.1, -0.05) is 54.6 Å². The Labute approximate surface area is 219 Å². The number of halogens is 1. The molecule has 0 radical (unpaired) electrons. The minimum absolute atomic E-state index is 0. The minimum atomic E-state index is -0.546. The zero-order valence-electron chi connectivity index (χ0n) is 20.4. The Morgan fingerprint density at radius 3 is 2.50 bits per heavy atom.